The van der Waals surface area contributed by atoms with Gasteiger partial charge < -0.3 is 25.6 Å². The Bertz CT molecular complexity index is 663. The number of rotatable bonds is 9. The predicted molar refractivity (Wildman–Crippen MR) is 122 cm³/mol. The molecule has 0 aromatic heterocycles. The number of hydrogen-bond donors (Lipinski definition) is 3. The Morgan fingerprint density at radius 2 is 2.07 bits per heavy atom. The largest absolute Gasteiger partial charge is 0.433 e. The van der Waals surface area contributed by atoms with E-state index < -0.39 is 6.61 Å². The smallest absolute Gasteiger partial charge is 0.387 e. The van der Waals surface area contributed by atoms with Crippen LogP contribution in [0.3, 0.4) is 0 Å². The van der Waals surface area contributed by atoms with Crippen molar-refractivity contribution in [2.24, 2.45) is 4.99 Å². The summed E-state index contributed by atoms with van der Waals surface area (Å²) in [6.45, 7) is 3.77. The van der Waals surface area contributed by atoms with Crippen molar-refractivity contribution in [3.63, 3.8) is 0 Å². The first-order valence-electron chi connectivity index (χ1n) is 9.63. The fraction of sp³-hybridized carbons (Fsp3) is 0.579. The van der Waals surface area contributed by atoms with Crippen molar-refractivity contribution in [3.8, 4) is 5.75 Å². The second kappa shape index (κ2) is 13.4. The molecular formula is C19H30F2IN5O2. The monoisotopic (exact) mass is 525 g/mol. The maximum Gasteiger partial charge on any atom is 0.387 e. The number of nitrogens with zero attached hydrogens (tertiary/aromatic N) is 2. The molecule has 1 fully saturated rings. The molecule has 0 aliphatic carbocycles. The summed E-state index contributed by atoms with van der Waals surface area (Å²) in [7, 11) is 0. The minimum Gasteiger partial charge on any atom is -0.433 e. The van der Waals surface area contributed by atoms with E-state index in [1.165, 1.54) is 0 Å². The number of anilines is 1. The van der Waals surface area contributed by atoms with E-state index in [0.717, 1.165) is 12.8 Å². The fourth-order valence-electron chi connectivity index (χ4n) is 3.00. The second-order valence-corrected chi connectivity index (χ2v) is 6.47. The van der Waals surface area contributed by atoms with Gasteiger partial charge in [0, 0.05) is 32.2 Å². The van der Waals surface area contributed by atoms with Crippen LogP contribution in [0.2, 0.25) is 0 Å². The number of carbonyl (C=O) groups is 1. The molecule has 0 saturated carbocycles. The zero-order valence-corrected chi connectivity index (χ0v) is 19.1. The minimum absolute atomic E-state index is 0. The fourth-order valence-corrected chi connectivity index (χ4v) is 3.00. The number of hydrogen-bond acceptors (Lipinski definition) is 4. The zero-order valence-electron chi connectivity index (χ0n) is 16.8. The van der Waals surface area contributed by atoms with Gasteiger partial charge in [-0.2, -0.15) is 8.78 Å². The van der Waals surface area contributed by atoms with E-state index in [9.17, 15) is 13.6 Å². The minimum atomic E-state index is -2.86. The highest BCUT2D eigenvalue weighted by atomic mass is 127. The Morgan fingerprint density at radius 1 is 1.31 bits per heavy atom. The Hall–Kier alpha value is -1.85. The molecular weight excluding hydrogens is 495 g/mol. The lowest BCUT2D eigenvalue weighted by Crippen LogP contribution is -2.45. The Morgan fingerprint density at radius 3 is 2.76 bits per heavy atom. The Labute approximate surface area is 187 Å². The van der Waals surface area contributed by atoms with E-state index in [-0.39, 0.29) is 48.2 Å². The number of amides is 1. The second-order valence-electron chi connectivity index (χ2n) is 6.47. The summed E-state index contributed by atoms with van der Waals surface area (Å²) in [4.78, 5) is 18.1. The van der Waals surface area contributed by atoms with Crippen molar-refractivity contribution in [1.82, 2.24) is 16.0 Å². The van der Waals surface area contributed by atoms with Gasteiger partial charge in [-0.05, 0) is 31.9 Å². The van der Waals surface area contributed by atoms with E-state index in [1.807, 2.05) is 18.7 Å². The van der Waals surface area contributed by atoms with Gasteiger partial charge >= 0.3 is 6.61 Å². The number of guanidine groups is 1. The predicted octanol–water partition coefficient (Wildman–Crippen LogP) is 2.57. The Kier molecular flexibility index (Phi) is 11.6. The first-order chi connectivity index (χ1) is 13.5. The van der Waals surface area contributed by atoms with E-state index >= 15 is 0 Å². The molecule has 1 aliphatic rings. The van der Waals surface area contributed by atoms with Crippen molar-refractivity contribution in [2.75, 3.05) is 37.6 Å². The molecule has 1 saturated heterocycles. The van der Waals surface area contributed by atoms with Gasteiger partial charge in [-0.1, -0.05) is 19.1 Å². The molecule has 0 bridgehead atoms. The summed E-state index contributed by atoms with van der Waals surface area (Å²) < 4.78 is 29.9. The van der Waals surface area contributed by atoms with Crippen LogP contribution in [-0.4, -0.2) is 57.2 Å². The van der Waals surface area contributed by atoms with Gasteiger partial charge in [0.05, 0.1) is 5.69 Å². The van der Waals surface area contributed by atoms with Gasteiger partial charge in [0.25, 0.3) is 0 Å². The molecule has 1 heterocycles. The van der Waals surface area contributed by atoms with Crippen LogP contribution in [-0.2, 0) is 4.79 Å². The van der Waals surface area contributed by atoms with Crippen molar-refractivity contribution in [1.29, 1.82) is 0 Å². The number of para-hydroxylation sites is 2. The van der Waals surface area contributed by atoms with Crippen LogP contribution in [0.15, 0.2) is 29.3 Å². The van der Waals surface area contributed by atoms with Gasteiger partial charge in [-0.25, -0.2) is 4.99 Å². The molecule has 1 aromatic rings. The van der Waals surface area contributed by atoms with Gasteiger partial charge in [-0.15, -0.1) is 24.0 Å². The molecule has 1 aliphatic heterocycles. The highest BCUT2D eigenvalue weighted by Gasteiger charge is 2.26. The molecule has 164 valence electrons. The van der Waals surface area contributed by atoms with Gasteiger partial charge in [-0.3, -0.25) is 4.79 Å². The van der Waals surface area contributed by atoms with Gasteiger partial charge in [0.2, 0.25) is 5.91 Å². The first-order valence-corrected chi connectivity index (χ1v) is 9.63. The quantitative estimate of drug-likeness (QED) is 0.263. The molecule has 1 atom stereocenters. The molecule has 10 heteroatoms. The number of benzene rings is 1. The molecule has 1 unspecified atom stereocenters. The standard InChI is InChI=1S/C19H29F2N5O2.HI/c1-3-10-23-17(27)12-24-19(22-4-2)25-14-9-11-26(13-14)15-7-5-6-8-16(15)28-18(20)21;/h5-8,14,18H,3-4,9-13H2,1-2H3,(H,23,27)(H2,22,24,25);1H. The lowest BCUT2D eigenvalue weighted by atomic mass is 10.2. The molecule has 2 rings (SSSR count). The average Bonchev–Trinajstić information content (AvgIpc) is 3.13. The van der Waals surface area contributed by atoms with E-state index in [0.29, 0.717) is 37.8 Å². The normalized spacial score (nSPS) is 16.4. The molecule has 1 amide bonds. The summed E-state index contributed by atoms with van der Waals surface area (Å²) >= 11 is 0. The van der Waals surface area contributed by atoms with Crippen molar-refractivity contribution >= 4 is 41.5 Å². The van der Waals surface area contributed by atoms with Crippen molar-refractivity contribution < 1.29 is 18.3 Å². The molecule has 0 radical (unpaired) electrons. The van der Waals surface area contributed by atoms with E-state index in [2.05, 4.69) is 25.7 Å². The number of ether oxygens (including phenoxy) is 1. The zero-order chi connectivity index (χ0) is 20.4. The van der Waals surface area contributed by atoms with Crippen LogP contribution < -0.4 is 25.6 Å². The third kappa shape index (κ3) is 8.58. The molecule has 1 aromatic carbocycles. The van der Waals surface area contributed by atoms with Crippen molar-refractivity contribution in [2.45, 2.75) is 39.3 Å². The van der Waals surface area contributed by atoms with Crippen LogP contribution in [0.25, 0.3) is 0 Å². The van der Waals surface area contributed by atoms with Gasteiger partial charge in [0.1, 0.15) is 12.3 Å². The molecule has 3 N–H and O–H groups in total. The highest BCUT2D eigenvalue weighted by molar-refractivity contribution is 14.0. The number of aliphatic imine (C=N–C) groups is 1. The number of halogens is 3. The number of carbonyl (C=O) groups excluding carboxylic acids is 1. The lowest BCUT2D eigenvalue weighted by Gasteiger charge is -2.22. The summed E-state index contributed by atoms with van der Waals surface area (Å²) in [5.74, 6) is 0.620. The SMILES string of the molecule is CCCNC(=O)CN=C(NCC)NC1CCN(c2ccccc2OC(F)F)C1.I. The average molecular weight is 525 g/mol. The van der Waals surface area contributed by atoms with E-state index in [4.69, 9.17) is 0 Å². The first kappa shape index (κ1) is 25.2. The van der Waals surface area contributed by atoms with Crippen LogP contribution in [0, 0.1) is 0 Å². The van der Waals surface area contributed by atoms with Crippen LogP contribution in [0.5, 0.6) is 5.75 Å². The third-order valence-corrected chi connectivity index (χ3v) is 4.25. The highest BCUT2D eigenvalue weighted by Crippen LogP contribution is 2.31. The molecule has 7 nitrogen and oxygen atoms in total. The van der Waals surface area contributed by atoms with E-state index in [1.54, 1.807) is 24.3 Å². The summed E-state index contributed by atoms with van der Waals surface area (Å²) in [5.41, 5.74) is 0.646. The topological polar surface area (TPSA) is 78.0 Å². The summed E-state index contributed by atoms with van der Waals surface area (Å²) in [5, 5.41) is 9.23. The summed E-state index contributed by atoms with van der Waals surface area (Å²) in [6, 6.07) is 6.87. The van der Waals surface area contributed by atoms with Crippen molar-refractivity contribution in [3.05, 3.63) is 24.3 Å². The number of alkyl halides is 2. The lowest BCUT2D eigenvalue weighted by molar-refractivity contribution is -0.119. The third-order valence-electron chi connectivity index (χ3n) is 4.25. The van der Waals surface area contributed by atoms with Gasteiger partial charge in [0.15, 0.2) is 5.96 Å². The van der Waals surface area contributed by atoms with Crippen LogP contribution in [0.4, 0.5) is 14.5 Å². The van der Waals surface area contributed by atoms with Crippen LogP contribution in [0.1, 0.15) is 26.7 Å². The summed E-state index contributed by atoms with van der Waals surface area (Å²) in [6.07, 6.45) is 1.69. The molecule has 0 spiro atoms. The van der Waals surface area contributed by atoms with Crippen LogP contribution >= 0.6 is 24.0 Å². The maximum atomic E-state index is 12.6. The Balaban J connectivity index is 0.00000420. The maximum absolute atomic E-state index is 12.6. The number of nitrogens with one attached hydrogen (secondary N) is 3. The molecule has 29 heavy (non-hydrogen) atoms.